The lowest BCUT2D eigenvalue weighted by atomic mass is 9.39. The fourth-order valence-corrected chi connectivity index (χ4v) is 6.25. The second kappa shape index (κ2) is 7.96. The summed E-state index contributed by atoms with van der Waals surface area (Å²) in [5.41, 5.74) is 5.41. The summed E-state index contributed by atoms with van der Waals surface area (Å²) in [6.45, 7) is 4.33. The fourth-order valence-electron chi connectivity index (χ4n) is 4.97. The number of amidine groups is 1. The maximum Gasteiger partial charge on any atom is 0.286 e. The van der Waals surface area contributed by atoms with E-state index in [9.17, 15) is 4.79 Å². The first-order chi connectivity index (χ1) is 15.3. The highest BCUT2D eigenvalue weighted by Gasteiger charge is 2.44. The Morgan fingerprint density at radius 2 is 1.91 bits per heavy atom. The molecule has 0 atom stereocenters. The first kappa shape index (κ1) is 21.6. The number of fused-ring (bicyclic) bond motifs is 2. The van der Waals surface area contributed by atoms with Crippen LogP contribution in [-0.4, -0.2) is 57.6 Å². The highest BCUT2D eigenvalue weighted by Crippen LogP contribution is 2.46. The minimum Gasteiger partial charge on any atom is -0.365 e. The van der Waals surface area contributed by atoms with E-state index in [4.69, 9.17) is 4.74 Å². The number of likely N-dealkylation sites (tertiary alicyclic amines) is 1. The van der Waals surface area contributed by atoms with E-state index < -0.39 is 0 Å². The molecule has 3 aliphatic heterocycles. The van der Waals surface area contributed by atoms with Crippen LogP contribution in [0.5, 0.6) is 0 Å². The minimum atomic E-state index is -0.201. The third kappa shape index (κ3) is 3.75. The Morgan fingerprint density at radius 1 is 1.16 bits per heavy atom. The molecule has 1 fully saturated rings. The van der Waals surface area contributed by atoms with Crippen molar-refractivity contribution < 1.29 is 9.53 Å². The Labute approximate surface area is 196 Å². The molecule has 2 aromatic rings. The Balaban J connectivity index is 1.38. The second-order valence-electron chi connectivity index (χ2n) is 9.87. The van der Waals surface area contributed by atoms with Crippen molar-refractivity contribution in [2.75, 3.05) is 13.1 Å². The Kier molecular flexibility index (Phi) is 5.37. The van der Waals surface area contributed by atoms with Crippen molar-refractivity contribution in [2.45, 2.75) is 37.1 Å². The number of aryl methyl sites for hydroxylation is 1. The predicted molar refractivity (Wildman–Crippen MR) is 138 cm³/mol. The highest BCUT2D eigenvalue weighted by molar-refractivity contribution is 8.18. The largest absolute Gasteiger partial charge is 0.365 e. The molecule has 32 heavy (non-hydrogen) atoms. The van der Waals surface area contributed by atoms with Gasteiger partial charge in [-0.05, 0) is 59.9 Å². The van der Waals surface area contributed by atoms with Crippen LogP contribution in [0.2, 0.25) is 5.11 Å². The Morgan fingerprint density at radius 3 is 2.59 bits per heavy atom. The number of allylic oxidation sites excluding steroid dienone is 1. The molecule has 0 aliphatic carbocycles. The summed E-state index contributed by atoms with van der Waals surface area (Å²) in [5.74, 6) is -0.141. The summed E-state index contributed by atoms with van der Waals surface area (Å²) in [6, 6.07) is 12.6. The summed E-state index contributed by atoms with van der Waals surface area (Å²) >= 11 is 1.51. The second-order valence-corrected chi connectivity index (χ2v) is 10.8. The molecular formula is C23H26B3N3O2S. The van der Waals surface area contributed by atoms with Crippen LogP contribution in [0, 0.1) is 6.92 Å². The molecular weight excluding hydrogens is 415 g/mol. The van der Waals surface area contributed by atoms with Crippen LogP contribution in [0.1, 0.15) is 35.2 Å². The van der Waals surface area contributed by atoms with Crippen molar-refractivity contribution in [3.8, 4) is 0 Å². The highest BCUT2D eigenvalue weighted by atomic mass is 32.2. The number of pyridine rings is 1. The number of ether oxygens (including phenoxy) is 1. The monoisotopic (exact) mass is 441 g/mol. The van der Waals surface area contributed by atoms with Crippen molar-refractivity contribution >= 4 is 51.9 Å². The molecule has 0 radical (unpaired) electrons. The molecule has 1 aromatic carbocycles. The number of piperidine rings is 1. The van der Waals surface area contributed by atoms with E-state index in [1.54, 1.807) is 0 Å². The van der Waals surface area contributed by atoms with Gasteiger partial charge in [-0.25, -0.2) is 0 Å². The van der Waals surface area contributed by atoms with Crippen molar-refractivity contribution in [3.63, 3.8) is 0 Å². The molecule has 1 amide bonds. The van der Waals surface area contributed by atoms with Crippen molar-refractivity contribution in [1.29, 1.82) is 0 Å². The number of benzene rings is 1. The van der Waals surface area contributed by atoms with Gasteiger partial charge in [-0.15, -0.1) is 0 Å². The molecule has 160 valence electrons. The van der Waals surface area contributed by atoms with Crippen LogP contribution < -0.4 is 0 Å². The molecule has 0 N–H and O–H groups in total. The van der Waals surface area contributed by atoms with Gasteiger partial charge in [0, 0.05) is 25.0 Å². The van der Waals surface area contributed by atoms with Crippen LogP contribution in [0.3, 0.4) is 0 Å². The number of amides is 1. The number of rotatable bonds is 2. The van der Waals surface area contributed by atoms with E-state index in [2.05, 4.69) is 68.7 Å². The van der Waals surface area contributed by atoms with Gasteiger partial charge < -0.3 is 9.64 Å². The van der Waals surface area contributed by atoms with Gasteiger partial charge in [-0.2, -0.15) is 4.99 Å². The fraction of sp³-hybridized carbons (Fsp3) is 0.348. The van der Waals surface area contributed by atoms with E-state index >= 15 is 0 Å². The summed E-state index contributed by atoms with van der Waals surface area (Å²) < 4.78 is 6.30. The summed E-state index contributed by atoms with van der Waals surface area (Å²) in [4.78, 5) is 24.9. The minimum absolute atomic E-state index is 0.141. The summed E-state index contributed by atoms with van der Waals surface area (Å²) in [7, 11) is 6.42. The maximum atomic E-state index is 13.0. The molecule has 0 saturated carbocycles. The quantitative estimate of drug-likeness (QED) is 0.519. The molecule has 5 rings (SSSR count). The lowest BCUT2D eigenvalue weighted by Crippen LogP contribution is -2.44. The maximum absolute atomic E-state index is 13.0. The number of nitrogens with zero attached hydrogens (tertiary/aromatic N) is 3. The Hall–Kier alpha value is -2.25. The predicted octanol–water partition coefficient (Wildman–Crippen LogP) is 1.23. The van der Waals surface area contributed by atoms with E-state index in [-0.39, 0.29) is 16.6 Å². The van der Waals surface area contributed by atoms with Gasteiger partial charge >= 0.3 is 0 Å². The van der Waals surface area contributed by atoms with Gasteiger partial charge in [-0.3, -0.25) is 9.78 Å². The molecule has 0 unspecified atom stereocenters. The van der Waals surface area contributed by atoms with Crippen LogP contribution in [-0.2, 0) is 21.7 Å². The third-order valence-electron chi connectivity index (χ3n) is 6.62. The van der Waals surface area contributed by atoms with Gasteiger partial charge in [0.15, 0.2) is 5.17 Å². The lowest BCUT2D eigenvalue weighted by Gasteiger charge is -2.39. The number of carbonyl (C=O) groups excluding carboxylic acids is 1. The zero-order valence-corrected chi connectivity index (χ0v) is 20.0. The number of carbonyl (C=O) groups is 1. The van der Waals surface area contributed by atoms with Crippen LogP contribution in [0.25, 0.3) is 5.57 Å². The van der Waals surface area contributed by atoms with Crippen molar-refractivity contribution in [1.82, 2.24) is 9.88 Å². The standard InChI is InChI=1S/C23H26B3N3O2S/c1-14-6-7-15(12-27-14)18(23(24,25)26)19-20(30)28-21(32-19)29-10-8-22(9-11-29)17-5-3-2-4-16(17)13-31-22/h2-7,12H,8-11,13,24-26H2,1H3/b19-18-. The molecule has 9 heteroatoms. The van der Waals surface area contributed by atoms with Gasteiger partial charge in [0.25, 0.3) is 5.91 Å². The SMILES string of the molecule is BC(B)(B)/C(=C1\SC(N2CCC3(CC2)OCc2ccccc23)=NC1=O)c1ccc(C)nc1. The van der Waals surface area contributed by atoms with Crippen LogP contribution in [0.15, 0.2) is 52.5 Å². The van der Waals surface area contributed by atoms with Gasteiger partial charge in [0.05, 0.1) is 40.7 Å². The van der Waals surface area contributed by atoms with Crippen molar-refractivity contribution in [2.24, 2.45) is 4.99 Å². The number of hydrogen-bond acceptors (Lipinski definition) is 5. The molecule has 5 nitrogen and oxygen atoms in total. The first-order valence-corrected chi connectivity index (χ1v) is 12.0. The summed E-state index contributed by atoms with van der Waals surface area (Å²) in [6.07, 6.45) is 3.68. The average Bonchev–Trinajstić information content (AvgIpc) is 3.31. The van der Waals surface area contributed by atoms with Crippen LogP contribution >= 0.6 is 11.8 Å². The van der Waals surface area contributed by atoms with Crippen LogP contribution in [0.4, 0.5) is 0 Å². The van der Waals surface area contributed by atoms with E-state index in [1.807, 2.05) is 19.2 Å². The molecule has 0 bridgehead atoms. The normalized spacial score (nSPS) is 21.6. The average molecular weight is 441 g/mol. The molecule has 4 heterocycles. The number of aromatic nitrogens is 1. The first-order valence-electron chi connectivity index (χ1n) is 11.2. The zero-order chi connectivity index (χ0) is 22.5. The Bertz CT molecular complexity index is 1130. The van der Waals surface area contributed by atoms with Gasteiger partial charge in [0.2, 0.25) is 0 Å². The number of thioether (sulfide) groups is 1. The van der Waals surface area contributed by atoms with E-state index in [0.29, 0.717) is 6.61 Å². The third-order valence-corrected chi connectivity index (χ3v) is 7.73. The topological polar surface area (TPSA) is 54.8 Å². The number of hydrogen-bond donors (Lipinski definition) is 0. The molecule has 1 aromatic heterocycles. The lowest BCUT2D eigenvalue weighted by molar-refractivity contribution is -0.113. The zero-order valence-electron chi connectivity index (χ0n) is 19.1. The molecule has 1 saturated heterocycles. The van der Waals surface area contributed by atoms with Gasteiger partial charge in [-0.1, -0.05) is 35.4 Å². The number of aliphatic imine (C=N–C) groups is 1. The smallest absolute Gasteiger partial charge is 0.286 e. The molecule has 1 spiro atoms. The summed E-state index contributed by atoms with van der Waals surface area (Å²) in [5, 5.41) is 0.612. The van der Waals surface area contributed by atoms with Gasteiger partial charge in [0.1, 0.15) is 0 Å². The van der Waals surface area contributed by atoms with E-state index in [0.717, 1.165) is 52.8 Å². The van der Waals surface area contributed by atoms with E-state index in [1.165, 1.54) is 22.9 Å². The van der Waals surface area contributed by atoms with Crippen molar-refractivity contribution in [3.05, 3.63) is 69.9 Å². The molecule has 3 aliphatic rings.